The summed E-state index contributed by atoms with van der Waals surface area (Å²) >= 11 is 0. The molecule has 0 N–H and O–H groups in total. The zero-order chi connectivity index (χ0) is 16.9. The van der Waals surface area contributed by atoms with E-state index in [1.54, 1.807) is 17.0 Å². The van der Waals surface area contributed by atoms with E-state index in [-0.39, 0.29) is 24.1 Å². The van der Waals surface area contributed by atoms with Crippen LogP contribution >= 0.6 is 0 Å². The SMILES string of the molecule is Cc1ccc(O[C@H]2CCCN(C(=O)Cn3ncccc3=O)C2)nn1. The molecule has 8 heteroatoms. The van der Waals surface area contributed by atoms with Gasteiger partial charge in [0.25, 0.3) is 5.56 Å². The van der Waals surface area contributed by atoms with Gasteiger partial charge in [0.15, 0.2) is 0 Å². The summed E-state index contributed by atoms with van der Waals surface area (Å²) < 4.78 is 6.98. The van der Waals surface area contributed by atoms with Crippen molar-refractivity contribution in [2.45, 2.75) is 32.4 Å². The number of ether oxygens (including phenoxy) is 1. The average molecular weight is 329 g/mol. The number of nitrogens with zero attached hydrogens (tertiary/aromatic N) is 5. The zero-order valence-electron chi connectivity index (χ0n) is 13.5. The largest absolute Gasteiger partial charge is 0.471 e. The van der Waals surface area contributed by atoms with Crippen molar-refractivity contribution in [2.75, 3.05) is 13.1 Å². The summed E-state index contributed by atoms with van der Waals surface area (Å²) in [5, 5.41) is 11.9. The van der Waals surface area contributed by atoms with Gasteiger partial charge in [-0.05, 0) is 31.9 Å². The van der Waals surface area contributed by atoms with Crippen LogP contribution in [0.2, 0.25) is 0 Å². The minimum absolute atomic E-state index is 0.0588. The van der Waals surface area contributed by atoms with E-state index < -0.39 is 0 Å². The Hall–Kier alpha value is -2.77. The normalized spacial score (nSPS) is 17.5. The molecule has 126 valence electrons. The van der Waals surface area contributed by atoms with Crippen molar-refractivity contribution in [1.29, 1.82) is 0 Å². The number of aryl methyl sites for hydroxylation is 1. The molecule has 3 heterocycles. The van der Waals surface area contributed by atoms with Crippen LogP contribution in [0.4, 0.5) is 0 Å². The van der Waals surface area contributed by atoms with Gasteiger partial charge in [-0.2, -0.15) is 10.2 Å². The van der Waals surface area contributed by atoms with Gasteiger partial charge in [0.2, 0.25) is 11.8 Å². The first kappa shape index (κ1) is 16.1. The van der Waals surface area contributed by atoms with Crippen LogP contribution in [0, 0.1) is 6.92 Å². The Morgan fingerprint density at radius 1 is 1.33 bits per heavy atom. The molecule has 2 aromatic rings. The molecule has 3 rings (SSSR count). The van der Waals surface area contributed by atoms with Gasteiger partial charge in [0.05, 0.1) is 12.2 Å². The highest BCUT2D eigenvalue weighted by Crippen LogP contribution is 2.16. The Morgan fingerprint density at radius 2 is 2.21 bits per heavy atom. The summed E-state index contributed by atoms with van der Waals surface area (Å²) in [5.74, 6) is 0.319. The first-order valence-electron chi connectivity index (χ1n) is 7.89. The van der Waals surface area contributed by atoms with E-state index in [0.717, 1.165) is 23.2 Å². The van der Waals surface area contributed by atoms with E-state index in [0.29, 0.717) is 19.0 Å². The molecule has 0 unspecified atom stereocenters. The molecule has 24 heavy (non-hydrogen) atoms. The summed E-state index contributed by atoms with van der Waals surface area (Å²) in [6.45, 7) is 2.92. The van der Waals surface area contributed by atoms with E-state index in [4.69, 9.17) is 4.74 Å². The Kier molecular flexibility index (Phi) is 4.83. The van der Waals surface area contributed by atoms with Gasteiger partial charge in [-0.15, -0.1) is 5.10 Å². The molecule has 0 saturated carbocycles. The van der Waals surface area contributed by atoms with Crippen molar-refractivity contribution in [3.63, 3.8) is 0 Å². The number of piperidine rings is 1. The molecule has 0 aromatic carbocycles. The van der Waals surface area contributed by atoms with Crippen molar-refractivity contribution in [1.82, 2.24) is 24.9 Å². The highest BCUT2D eigenvalue weighted by molar-refractivity contribution is 5.76. The third kappa shape index (κ3) is 3.95. The topological polar surface area (TPSA) is 90.2 Å². The molecule has 0 bridgehead atoms. The Morgan fingerprint density at radius 3 is 2.96 bits per heavy atom. The minimum Gasteiger partial charge on any atom is -0.471 e. The molecule has 1 fully saturated rings. The molecule has 8 nitrogen and oxygen atoms in total. The van der Waals surface area contributed by atoms with E-state index in [2.05, 4.69) is 15.3 Å². The van der Waals surface area contributed by atoms with Crippen molar-refractivity contribution >= 4 is 5.91 Å². The van der Waals surface area contributed by atoms with Gasteiger partial charge in [-0.25, -0.2) is 4.68 Å². The van der Waals surface area contributed by atoms with Gasteiger partial charge in [0, 0.05) is 24.9 Å². The highest BCUT2D eigenvalue weighted by atomic mass is 16.5. The first-order chi connectivity index (χ1) is 11.6. The Bertz CT molecular complexity index is 759. The van der Waals surface area contributed by atoms with Crippen molar-refractivity contribution < 1.29 is 9.53 Å². The van der Waals surface area contributed by atoms with Crippen molar-refractivity contribution in [3.05, 3.63) is 46.5 Å². The van der Waals surface area contributed by atoms with Crippen molar-refractivity contribution in [3.8, 4) is 5.88 Å². The lowest BCUT2D eigenvalue weighted by atomic mass is 10.1. The summed E-state index contributed by atoms with van der Waals surface area (Å²) in [5.41, 5.74) is 0.536. The molecule has 1 saturated heterocycles. The molecular formula is C16H19N5O3. The maximum absolute atomic E-state index is 12.4. The van der Waals surface area contributed by atoms with Crippen LogP contribution in [-0.2, 0) is 11.3 Å². The fraction of sp³-hybridized carbons (Fsp3) is 0.438. The zero-order valence-corrected chi connectivity index (χ0v) is 13.5. The molecular weight excluding hydrogens is 310 g/mol. The van der Waals surface area contributed by atoms with E-state index in [1.807, 2.05) is 13.0 Å². The predicted octanol–water partition coefficient (Wildman–Crippen LogP) is 0.412. The Balaban J connectivity index is 1.60. The number of carbonyl (C=O) groups is 1. The van der Waals surface area contributed by atoms with Gasteiger partial charge < -0.3 is 9.64 Å². The first-order valence-corrected chi connectivity index (χ1v) is 7.89. The summed E-state index contributed by atoms with van der Waals surface area (Å²) in [4.78, 5) is 25.8. The van der Waals surface area contributed by atoms with Gasteiger partial charge in [0.1, 0.15) is 12.6 Å². The number of likely N-dealkylation sites (tertiary alicyclic amines) is 1. The molecule has 0 aliphatic carbocycles. The maximum atomic E-state index is 12.4. The molecule has 2 aromatic heterocycles. The third-order valence-electron chi connectivity index (χ3n) is 3.86. The quantitative estimate of drug-likeness (QED) is 0.807. The smallest absolute Gasteiger partial charge is 0.267 e. The number of hydrogen-bond donors (Lipinski definition) is 0. The molecule has 1 amide bonds. The fourth-order valence-electron chi connectivity index (χ4n) is 2.62. The third-order valence-corrected chi connectivity index (χ3v) is 3.86. The van der Waals surface area contributed by atoms with E-state index >= 15 is 0 Å². The van der Waals surface area contributed by atoms with Crippen LogP contribution in [0.5, 0.6) is 5.88 Å². The number of carbonyl (C=O) groups excluding carboxylic acids is 1. The van der Waals surface area contributed by atoms with Crippen LogP contribution in [0.3, 0.4) is 0 Å². The summed E-state index contributed by atoms with van der Waals surface area (Å²) in [6, 6.07) is 6.55. The average Bonchev–Trinajstić information content (AvgIpc) is 2.59. The predicted molar refractivity (Wildman–Crippen MR) is 85.5 cm³/mol. The lowest BCUT2D eigenvalue weighted by molar-refractivity contribution is -0.134. The van der Waals surface area contributed by atoms with E-state index in [1.165, 1.54) is 12.3 Å². The number of rotatable bonds is 4. The second kappa shape index (κ2) is 7.20. The van der Waals surface area contributed by atoms with Crippen LogP contribution in [-0.4, -0.2) is 50.0 Å². The fourth-order valence-corrected chi connectivity index (χ4v) is 2.62. The van der Waals surface area contributed by atoms with Crippen LogP contribution in [0.1, 0.15) is 18.5 Å². The summed E-state index contributed by atoms with van der Waals surface area (Å²) in [6.07, 6.45) is 3.06. The van der Waals surface area contributed by atoms with E-state index in [9.17, 15) is 9.59 Å². The molecule has 0 radical (unpaired) electrons. The lowest BCUT2D eigenvalue weighted by Crippen LogP contribution is -2.46. The maximum Gasteiger partial charge on any atom is 0.267 e. The molecule has 1 aliphatic rings. The number of aromatic nitrogens is 4. The second-order valence-corrected chi connectivity index (χ2v) is 5.75. The minimum atomic E-state index is -0.286. The Labute approximate surface area is 139 Å². The molecule has 1 aliphatic heterocycles. The van der Waals surface area contributed by atoms with Crippen LogP contribution < -0.4 is 10.3 Å². The second-order valence-electron chi connectivity index (χ2n) is 5.75. The van der Waals surface area contributed by atoms with Crippen LogP contribution in [0.15, 0.2) is 35.3 Å². The number of hydrogen-bond acceptors (Lipinski definition) is 6. The highest BCUT2D eigenvalue weighted by Gasteiger charge is 2.25. The van der Waals surface area contributed by atoms with Gasteiger partial charge in [-0.3, -0.25) is 9.59 Å². The summed E-state index contributed by atoms with van der Waals surface area (Å²) in [7, 11) is 0. The number of amides is 1. The molecule has 1 atom stereocenters. The monoisotopic (exact) mass is 329 g/mol. The van der Waals surface area contributed by atoms with Crippen molar-refractivity contribution in [2.24, 2.45) is 0 Å². The molecule has 0 spiro atoms. The van der Waals surface area contributed by atoms with Gasteiger partial charge >= 0.3 is 0 Å². The standard InChI is InChI=1S/C16H19N5O3/c1-12-6-7-14(19-18-12)24-13-4-3-9-20(10-13)16(23)11-21-15(22)5-2-8-17-21/h2,5-8,13H,3-4,9-11H2,1H3/t13-/m0/s1. The van der Waals surface area contributed by atoms with Gasteiger partial charge in [-0.1, -0.05) is 0 Å². The lowest BCUT2D eigenvalue weighted by Gasteiger charge is -2.32. The van der Waals surface area contributed by atoms with Crippen LogP contribution in [0.25, 0.3) is 0 Å².